The Morgan fingerprint density at radius 1 is 1.21 bits per heavy atom. The summed E-state index contributed by atoms with van der Waals surface area (Å²) in [5, 5.41) is 7.51. The van der Waals surface area contributed by atoms with Gasteiger partial charge in [-0.25, -0.2) is 14.3 Å². The van der Waals surface area contributed by atoms with Gasteiger partial charge in [-0.2, -0.15) is 5.10 Å². The molecule has 14 heteroatoms. The number of halogens is 2. The van der Waals surface area contributed by atoms with Crippen LogP contribution in [0.3, 0.4) is 0 Å². The number of hydrogen-bond donors (Lipinski definition) is 2. The van der Waals surface area contributed by atoms with E-state index in [0.717, 1.165) is 48.0 Å². The largest absolute Gasteiger partial charge is 0.488 e. The highest BCUT2D eigenvalue weighted by molar-refractivity contribution is 9.10. The van der Waals surface area contributed by atoms with Crippen molar-refractivity contribution in [3.63, 3.8) is 0 Å². The van der Waals surface area contributed by atoms with E-state index < -0.39 is 5.60 Å². The number of piperidine rings is 3. The Kier molecular flexibility index (Phi) is 7.94. The van der Waals surface area contributed by atoms with Crippen LogP contribution < -0.4 is 20.7 Å². The number of rotatable bonds is 5. The third-order valence-corrected chi connectivity index (χ3v) is 9.98. The number of amides is 2. The van der Waals surface area contributed by atoms with Crippen LogP contribution in [0.5, 0.6) is 5.75 Å². The molecule has 0 radical (unpaired) electrons. The molecule has 3 aromatic heterocycles. The fourth-order valence-corrected chi connectivity index (χ4v) is 7.86. The van der Waals surface area contributed by atoms with Crippen LogP contribution in [0.2, 0.25) is 4.34 Å². The highest BCUT2D eigenvalue weighted by atomic mass is 79.9. The molecule has 3 unspecified atom stereocenters. The van der Waals surface area contributed by atoms with Gasteiger partial charge in [-0.1, -0.05) is 11.6 Å². The van der Waals surface area contributed by atoms with Gasteiger partial charge in [0.1, 0.15) is 38.8 Å². The van der Waals surface area contributed by atoms with Crippen LogP contribution in [-0.4, -0.2) is 74.9 Å². The number of hydrogen-bond acceptors (Lipinski definition) is 9. The summed E-state index contributed by atoms with van der Waals surface area (Å²) in [6, 6.07) is 3.69. The van der Waals surface area contributed by atoms with E-state index in [2.05, 4.69) is 36.2 Å². The van der Waals surface area contributed by atoms with Gasteiger partial charge in [0.05, 0.1) is 10.0 Å². The Morgan fingerprint density at radius 2 is 2.02 bits per heavy atom. The smallest absolute Gasteiger partial charge is 0.410 e. The lowest BCUT2D eigenvalue weighted by atomic mass is 9.78. The van der Waals surface area contributed by atoms with Gasteiger partial charge in [-0.05, 0) is 68.5 Å². The molecule has 226 valence electrons. The van der Waals surface area contributed by atoms with Crippen molar-refractivity contribution in [2.24, 2.45) is 5.92 Å². The van der Waals surface area contributed by atoms with E-state index in [0.29, 0.717) is 40.3 Å². The lowest BCUT2D eigenvalue weighted by Gasteiger charge is -2.48. The van der Waals surface area contributed by atoms with Gasteiger partial charge in [0.25, 0.3) is 5.91 Å². The Balaban J connectivity index is 1.12. The summed E-state index contributed by atoms with van der Waals surface area (Å²) in [6.45, 7) is 7.67. The number of carbonyl (C=O) groups is 2. The Morgan fingerprint density at radius 3 is 2.76 bits per heavy atom. The van der Waals surface area contributed by atoms with E-state index in [1.165, 1.54) is 17.7 Å². The first-order valence-corrected chi connectivity index (χ1v) is 16.2. The fourth-order valence-electron chi connectivity index (χ4n) is 6.32. The molecule has 4 fully saturated rings. The zero-order valence-corrected chi connectivity index (χ0v) is 27.0. The Labute approximate surface area is 261 Å². The van der Waals surface area contributed by atoms with E-state index in [1.54, 1.807) is 10.6 Å². The summed E-state index contributed by atoms with van der Waals surface area (Å²) in [5.74, 6) is 0.870. The quantitative estimate of drug-likeness (QED) is 0.369. The molecule has 6 heterocycles. The molecule has 1 saturated carbocycles. The molecule has 42 heavy (non-hydrogen) atoms. The van der Waals surface area contributed by atoms with Crippen molar-refractivity contribution in [3.05, 3.63) is 32.3 Å². The molecule has 4 aliphatic rings. The molecular weight excluding hydrogens is 646 g/mol. The molecule has 3 aromatic rings. The van der Waals surface area contributed by atoms with Gasteiger partial charge in [-0.15, -0.1) is 11.3 Å². The van der Waals surface area contributed by atoms with Crippen molar-refractivity contribution in [3.8, 4) is 5.75 Å². The average Bonchev–Trinajstić information content (AvgIpc) is 3.48. The number of anilines is 2. The van der Waals surface area contributed by atoms with Crippen LogP contribution in [0, 0.1) is 5.92 Å². The monoisotopic (exact) mass is 679 g/mol. The maximum Gasteiger partial charge on any atom is 0.410 e. The van der Waals surface area contributed by atoms with Crippen molar-refractivity contribution >= 4 is 67.9 Å². The average molecular weight is 681 g/mol. The van der Waals surface area contributed by atoms with Gasteiger partial charge < -0.3 is 30.3 Å². The molecule has 11 nitrogen and oxygen atoms in total. The van der Waals surface area contributed by atoms with Crippen LogP contribution in [0.15, 0.2) is 23.1 Å². The number of fused-ring (bicyclic) bond motifs is 4. The van der Waals surface area contributed by atoms with E-state index in [9.17, 15) is 9.59 Å². The van der Waals surface area contributed by atoms with E-state index in [-0.39, 0.29) is 36.1 Å². The van der Waals surface area contributed by atoms with E-state index in [4.69, 9.17) is 26.8 Å². The number of carbonyl (C=O) groups excluding carboxylic acids is 2. The Hall–Kier alpha value is -2.77. The number of nitrogen functional groups attached to an aromatic ring is 1. The lowest BCUT2D eigenvalue weighted by molar-refractivity contribution is -0.0502. The number of aromatic nitrogens is 3. The summed E-state index contributed by atoms with van der Waals surface area (Å²) >= 11 is 11.2. The van der Waals surface area contributed by atoms with Gasteiger partial charge >= 0.3 is 6.09 Å². The predicted octanol–water partition coefficient (Wildman–Crippen LogP) is 5.35. The number of nitrogens with zero attached hydrogens (tertiary/aromatic N) is 5. The Bertz CT molecular complexity index is 1510. The number of nitrogens with one attached hydrogen (secondary N) is 1. The summed E-state index contributed by atoms with van der Waals surface area (Å²) < 4.78 is 15.1. The molecule has 0 aromatic carbocycles. The van der Waals surface area contributed by atoms with Gasteiger partial charge in [0, 0.05) is 50.1 Å². The zero-order valence-electron chi connectivity index (χ0n) is 23.8. The van der Waals surface area contributed by atoms with Gasteiger partial charge in [0.15, 0.2) is 5.82 Å². The summed E-state index contributed by atoms with van der Waals surface area (Å²) in [6.07, 6.45) is 5.40. The maximum absolute atomic E-state index is 13.6. The second-order valence-electron chi connectivity index (χ2n) is 12.3. The van der Waals surface area contributed by atoms with Crippen molar-refractivity contribution in [2.75, 3.05) is 30.3 Å². The molecule has 3 aliphatic heterocycles. The third-order valence-electron chi connectivity index (χ3n) is 8.17. The van der Waals surface area contributed by atoms with Gasteiger partial charge in [-0.3, -0.25) is 4.79 Å². The molecule has 2 bridgehead atoms. The predicted molar refractivity (Wildman–Crippen MR) is 166 cm³/mol. The van der Waals surface area contributed by atoms with Crippen molar-refractivity contribution in [1.82, 2.24) is 24.8 Å². The van der Waals surface area contributed by atoms with Crippen LogP contribution >= 0.6 is 38.9 Å². The van der Waals surface area contributed by atoms with Crippen LogP contribution in [0.4, 0.5) is 16.3 Å². The third kappa shape index (κ3) is 5.87. The normalized spacial score (nSPS) is 24.2. The number of thiophene rings is 1. The second-order valence-corrected chi connectivity index (χ2v) is 14.8. The standard InChI is InChI=1S/C28H35BrClN7O4S/c1-28(2,3)41-27(39)36-12-15-6-7-17(36)9-19(15)40-20-11-22(30)42-24(20)26(38)34-16-5-4-8-35(13-16)18-10-21(29)37-23(18)25(31)32-14-33-37/h10-11,14-17,19H,4-9,12-13H2,1-3H3,(H,34,38)(H2,31,32,33)/t15?,16-,17?,19?/m1/s1. The molecule has 7 rings (SSSR count). The SMILES string of the molecule is CC(C)(C)OC(=O)N1CC2CCC1CC2Oc1cc(Cl)sc1C(=O)N[C@@H]1CCCN(c2cc(Br)n3ncnc(N)c23)C1. The minimum absolute atomic E-state index is 0.0550. The molecule has 3 N–H and O–H groups in total. The molecule has 1 aliphatic carbocycles. The highest BCUT2D eigenvalue weighted by Gasteiger charge is 2.45. The number of ether oxygens (including phenoxy) is 2. The van der Waals surface area contributed by atoms with Crippen LogP contribution in [-0.2, 0) is 4.74 Å². The first kappa shape index (κ1) is 29.3. The van der Waals surface area contributed by atoms with Crippen molar-refractivity contribution in [1.29, 1.82) is 0 Å². The topological polar surface area (TPSA) is 127 Å². The van der Waals surface area contributed by atoms with Crippen molar-refractivity contribution in [2.45, 2.75) is 76.7 Å². The summed E-state index contributed by atoms with van der Waals surface area (Å²) in [5.41, 5.74) is 7.32. The van der Waals surface area contributed by atoms with Crippen molar-refractivity contribution < 1.29 is 19.1 Å². The second kappa shape index (κ2) is 11.4. The number of nitrogens with two attached hydrogens (primary N) is 1. The summed E-state index contributed by atoms with van der Waals surface area (Å²) in [4.78, 5) is 35.0. The van der Waals surface area contributed by atoms with E-state index in [1.807, 2.05) is 31.7 Å². The maximum atomic E-state index is 13.6. The zero-order chi connectivity index (χ0) is 29.8. The lowest BCUT2D eigenvalue weighted by Crippen LogP contribution is -2.58. The first-order valence-electron chi connectivity index (χ1n) is 14.3. The molecule has 0 spiro atoms. The minimum Gasteiger partial charge on any atom is -0.488 e. The van der Waals surface area contributed by atoms with E-state index >= 15 is 0 Å². The first-order chi connectivity index (χ1) is 20.0. The minimum atomic E-state index is -0.538. The van der Waals surface area contributed by atoms with Crippen LogP contribution in [0.1, 0.15) is 62.5 Å². The molecule has 3 saturated heterocycles. The van der Waals surface area contributed by atoms with Gasteiger partial charge in [0.2, 0.25) is 0 Å². The summed E-state index contributed by atoms with van der Waals surface area (Å²) in [7, 11) is 0. The molecule has 2 amide bonds. The highest BCUT2D eigenvalue weighted by Crippen LogP contribution is 2.41. The van der Waals surface area contributed by atoms with Crippen LogP contribution in [0.25, 0.3) is 5.52 Å². The molecule has 4 atom stereocenters. The fraction of sp³-hybridized carbons (Fsp3) is 0.571. The molecular formula is C28H35BrClN7O4S.